The van der Waals surface area contributed by atoms with Crippen LogP contribution in [0.4, 0.5) is 0 Å². The van der Waals surface area contributed by atoms with Crippen LogP contribution in [0.25, 0.3) is 0 Å². The number of hydrogen-bond donors (Lipinski definition) is 1. The van der Waals surface area contributed by atoms with Crippen molar-refractivity contribution in [1.82, 2.24) is 0 Å². The zero-order valence-electron chi connectivity index (χ0n) is 11.3. The van der Waals surface area contributed by atoms with Crippen LogP contribution in [0.2, 0.25) is 0 Å². The van der Waals surface area contributed by atoms with Crippen molar-refractivity contribution in [2.45, 2.75) is 4.90 Å². The van der Waals surface area contributed by atoms with E-state index in [1.54, 1.807) is 30.3 Å². The van der Waals surface area contributed by atoms with Crippen molar-refractivity contribution in [2.75, 3.05) is 0 Å². The molecule has 0 aliphatic heterocycles. The van der Waals surface area contributed by atoms with E-state index in [0.717, 1.165) is 0 Å². The zero-order valence-corrected chi connectivity index (χ0v) is 13.1. The monoisotopic (exact) mass is 286 g/mol. The molecule has 94 valence electrons. The molecule has 19 heavy (non-hydrogen) atoms. The fourth-order valence-electron chi connectivity index (χ4n) is 1.53. The molecule has 0 saturated carbocycles. The van der Waals surface area contributed by atoms with Gasteiger partial charge in [0.15, 0.2) is 5.78 Å². The number of ketones is 1. The molecule has 0 heterocycles. The Morgan fingerprint density at radius 3 is 1.84 bits per heavy atom. The van der Waals surface area contributed by atoms with Crippen molar-refractivity contribution in [1.29, 1.82) is 0 Å². The molecule has 0 spiro atoms. The van der Waals surface area contributed by atoms with Crippen LogP contribution in [0, 0.1) is 0 Å². The zero-order chi connectivity index (χ0) is 13.2. The van der Waals surface area contributed by atoms with Crippen molar-refractivity contribution >= 4 is 15.9 Å². The van der Waals surface area contributed by atoms with Crippen molar-refractivity contribution in [3.8, 4) is 0 Å². The van der Waals surface area contributed by atoms with E-state index in [0.29, 0.717) is 11.1 Å². The number of rotatable bonds is 3. The fraction of sp³-hybridized carbons (Fsp3) is 0. The molecular formula is C13H11NaO4S. The van der Waals surface area contributed by atoms with E-state index in [-0.39, 0.29) is 41.7 Å². The SMILES string of the molecule is O=C(c1ccccc1)c1ccc(S(=O)(=O)O)cc1.[H-].[Na+]. The van der Waals surface area contributed by atoms with Crippen molar-refractivity contribution in [3.63, 3.8) is 0 Å². The predicted octanol–water partition coefficient (Wildman–Crippen LogP) is -0.719. The standard InChI is InChI=1S/C13H10O4S.Na.H/c14-13(10-4-2-1-3-5-10)11-6-8-12(9-7-11)18(15,16)17;;/h1-9H,(H,15,16,17);;/q;+1;-1. The average molecular weight is 286 g/mol. The second-order valence-corrected chi connectivity index (χ2v) is 5.12. The maximum atomic E-state index is 12.0. The molecule has 2 aromatic carbocycles. The van der Waals surface area contributed by atoms with Gasteiger partial charge in [0, 0.05) is 11.1 Å². The average Bonchev–Trinajstić information content (AvgIpc) is 2.38. The summed E-state index contributed by atoms with van der Waals surface area (Å²) in [6, 6.07) is 13.8. The molecule has 2 aromatic rings. The molecule has 1 N–H and O–H groups in total. The molecule has 0 aliphatic carbocycles. The quantitative estimate of drug-likeness (QED) is 0.459. The minimum atomic E-state index is -4.22. The molecule has 0 aliphatic rings. The van der Waals surface area contributed by atoms with Gasteiger partial charge in [0.25, 0.3) is 10.1 Å². The Bertz CT molecular complexity index is 669. The van der Waals surface area contributed by atoms with E-state index in [1.807, 2.05) is 0 Å². The Labute approximate surface area is 135 Å². The van der Waals surface area contributed by atoms with E-state index < -0.39 is 10.1 Å². The molecule has 0 unspecified atom stereocenters. The van der Waals surface area contributed by atoms with Gasteiger partial charge in [-0.3, -0.25) is 9.35 Å². The van der Waals surface area contributed by atoms with E-state index >= 15 is 0 Å². The first-order chi connectivity index (χ1) is 8.48. The normalized spacial score (nSPS) is 10.6. The summed E-state index contributed by atoms with van der Waals surface area (Å²) in [5, 5.41) is 0. The summed E-state index contributed by atoms with van der Waals surface area (Å²) >= 11 is 0. The molecule has 2 rings (SSSR count). The van der Waals surface area contributed by atoms with Gasteiger partial charge in [0.05, 0.1) is 4.90 Å². The van der Waals surface area contributed by atoms with Gasteiger partial charge >= 0.3 is 29.6 Å². The van der Waals surface area contributed by atoms with Crippen LogP contribution in [-0.4, -0.2) is 18.8 Å². The first kappa shape index (κ1) is 16.1. The van der Waals surface area contributed by atoms with Crippen LogP contribution in [0.15, 0.2) is 59.5 Å². The van der Waals surface area contributed by atoms with Gasteiger partial charge in [-0.2, -0.15) is 8.42 Å². The van der Waals surface area contributed by atoms with E-state index in [4.69, 9.17) is 4.55 Å². The largest absolute Gasteiger partial charge is 1.00 e. The summed E-state index contributed by atoms with van der Waals surface area (Å²) < 4.78 is 30.5. The molecule has 0 bridgehead atoms. The minimum Gasteiger partial charge on any atom is -1.00 e. The Morgan fingerprint density at radius 1 is 0.895 bits per heavy atom. The van der Waals surface area contributed by atoms with Gasteiger partial charge in [0.1, 0.15) is 0 Å². The van der Waals surface area contributed by atoms with Crippen LogP contribution in [0.5, 0.6) is 0 Å². The van der Waals surface area contributed by atoms with Gasteiger partial charge < -0.3 is 1.43 Å². The molecule has 0 amide bonds. The second-order valence-electron chi connectivity index (χ2n) is 3.69. The van der Waals surface area contributed by atoms with E-state index in [1.165, 1.54) is 24.3 Å². The van der Waals surface area contributed by atoms with Gasteiger partial charge in [-0.1, -0.05) is 30.3 Å². The molecular weight excluding hydrogens is 275 g/mol. The van der Waals surface area contributed by atoms with Crippen LogP contribution >= 0.6 is 0 Å². The molecule has 0 aromatic heterocycles. The smallest absolute Gasteiger partial charge is 1.00 e. The van der Waals surface area contributed by atoms with Gasteiger partial charge in [-0.15, -0.1) is 0 Å². The van der Waals surface area contributed by atoms with Gasteiger partial charge in [-0.25, -0.2) is 0 Å². The summed E-state index contributed by atoms with van der Waals surface area (Å²) in [6.45, 7) is 0. The Kier molecular flexibility index (Phi) is 5.46. The Balaban J connectivity index is 0.00000180. The van der Waals surface area contributed by atoms with E-state index in [9.17, 15) is 13.2 Å². The fourth-order valence-corrected chi connectivity index (χ4v) is 2.01. The van der Waals surface area contributed by atoms with E-state index in [2.05, 4.69) is 0 Å². The van der Waals surface area contributed by atoms with Crippen molar-refractivity contribution < 1.29 is 48.7 Å². The van der Waals surface area contributed by atoms with Crippen molar-refractivity contribution in [2.24, 2.45) is 0 Å². The predicted molar refractivity (Wildman–Crippen MR) is 67.2 cm³/mol. The van der Waals surface area contributed by atoms with Crippen LogP contribution in [0.1, 0.15) is 17.3 Å². The second kappa shape index (κ2) is 6.45. The minimum absolute atomic E-state index is 0. The summed E-state index contributed by atoms with van der Waals surface area (Å²) in [6.07, 6.45) is 0. The van der Waals surface area contributed by atoms with Gasteiger partial charge in [-0.05, 0) is 24.3 Å². The molecule has 0 saturated heterocycles. The molecule has 4 nitrogen and oxygen atoms in total. The number of carbonyl (C=O) groups is 1. The summed E-state index contributed by atoms with van der Waals surface area (Å²) in [5.74, 6) is -0.197. The third-order valence-corrected chi connectivity index (χ3v) is 3.32. The maximum Gasteiger partial charge on any atom is 1.00 e. The third kappa shape index (κ3) is 3.99. The number of hydrogen-bond acceptors (Lipinski definition) is 3. The topological polar surface area (TPSA) is 71.4 Å². The summed E-state index contributed by atoms with van der Waals surface area (Å²) in [7, 11) is -4.22. The first-order valence-electron chi connectivity index (χ1n) is 5.16. The van der Waals surface area contributed by atoms with Crippen LogP contribution < -0.4 is 29.6 Å². The Morgan fingerprint density at radius 2 is 1.37 bits per heavy atom. The molecule has 0 atom stereocenters. The number of benzene rings is 2. The molecule has 6 heteroatoms. The number of carbonyl (C=O) groups excluding carboxylic acids is 1. The van der Waals surface area contributed by atoms with Gasteiger partial charge in [0.2, 0.25) is 0 Å². The van der Waals surface area contributed by atoms with Crippen molar-refractivity contribution in [3.05, 3.63) is 65.7 Å². The summed E-state index contributed by atoms with van der Waals surface area (Å²) in [5.41, 5.74) is 0.894. The Hall–Kier alpha value is -0.980. The first-order valence-corrected chi connectivity index (χ1v) is 6.60. The van der Waals surface area contributed by atoms with Crippen LogP contribution in [-0.2, 0) is 10.1 Å². The summed E-state index contributed by atoms with van der Waals surface area (Å²) in [4.78, 5) is 11.8. The van der Waals surface area contributed by atoms with Crippen LogP contribution in [0.3, 0.4) is 0 Å². The molecule has 0 fully saturated rings. The maximum absolute atomic E-state index is 12.0. The third-order valence-electron chi connectivity index (χ3n) is 2.45. The molecule has 0 radical (unpaired) electrons.